The number of nitrogens with zero attached hydrogens (tertiary/aromatic N) is 3. The monoisotopic (exact) mass is 274 g/mol. The maximum atomic E-state index is 11.4. The van der Waals surface area contributed by atoms with Crippen molar-refractivity contribution in [3.63, 3.8) is 0 Å². The lowest BCUT2D eigenvalue weighted by Crippen LogP contribution is -2.19. The predicted molar refractivity (Wildman–Crippen MR) is 74.8 cm³/mol. The number of ether oxygens (including phenoxy) is 1. The van der Waals surface area contributed by atoms with Gasteiger partial charge in [0.15, 0.2) is 0 Å². The van der Waals surface area contributed by atoms with Crippen LogP contribution in [0.2, 0.25) is 0 Å². The van der Waals surface area contributed by atoms with Crippen LogP contribution in [-0.2, 0) is 4.74 Å². The van der Waals surface area contributed by atoms with Gasteiger partial charge >= 0.3 is 5.97 Å². The van der Waals surface area contributed by atoms with E-state index in [2.05, 4.69) is 34.0 Å². The normalized spacial score (nSPS) is 12.2. The van der Waals surface area contributed by atoms with Crippen LogP contribution in [0.4, 0.5) is 0 Å². The summed E-state index contributed by atoms with van der Waals surface area (Å²) in [6, 6.07) is 8.06. The van der Waals surface area contributed by atoms with E-state index >= 15 is 0 Å². The molecule has 0 aliphatic rings. The fourth-order valence-electron chi connectivity index (χ4n) is 2.04. The van der Waals surface area contributed by atoms with Gasteiger partial charge in [-0.15, -0.1) is 5.10 Å². The van der Waals surface area contributed by atoms with Gasteiger partial charge in [-0.3, -0.25) is 0 Å². The first-order valence-corrected chi connectivity index (χ1v) is 6.50. The summed E-state index contributed by atoms with van der Waals surface area (Å²) in [5, 5.41) is 7.52. The van der Waals surface area contributed by atoms with Crippen LogP contribution in [0.25, 0.3) is 5.69 Å². The Hall–Kier alpha value is -2.21. The molecule has 1 unspecified atom stereocenters. The van der Waals surface area contributed by atoms with Gasteiger partial charge < -0.3 is 10.1 Å². The highest BCUT2D eigenvalue weighted by molar-refractivity contribution is 5.84. The second-order valence-corrected chi connectivity index (χ2v) is 4.34. The van der Waals surface area contributed by atoms with E-state index in [4.69, 9.17) is 0 Å². The van der Waals surface area contributed by atoms with Crippen molar-refractivity contribution in [2.75, 3.05) is 13.7 Å². The van der Waals surface area contributed by atoms with Gasteiger partial charge in [-0.2, -0.15) is 0 Å². The van der Waals surface area contributed by atoms with Crippen molar-refractivity contribution >= 4 is 5.97 Å². The highest BCUT2D eigenvalue weighted by Gasteiger charge is 2.15. The summed E-state index contributed by atoms with van der Waals surface area (Å²) < 4.78 is 6.20. The quantitative estimate of drug-likeness (QED) is 0.841. The molecule has 6 heteroatoms. The van der Waals surface area contributed by atoms with Crippen LogP contribution < -0.4 is 5.32 Å². The number of esters is 1. The molecule has 1 aromatic heterocycles. The molecule has 1 heterocycles. The number of nitrogens with one attached hydrogen (secondary N) is 1. The average molecular weight is 274 g/mol. The summed E-state index contributed by atoms with van der Waals surface area (Å²) in [6.07, 6.45) is 1.52. The number of para-hydroxylation sites is 1. The third-order valence-corrected chi connectivity index (χ3v) is 3.02. The van der Waals surface area contributed by atoms with Crippen LogP contribution in [0, 0.1) is 0 Å². The molecule has 0 radical (unpaired) electrons. The van der Waals surface area contributed by atoms with Gasteiger partial charge in [0.1, 0.15) is 6.33 Å². The Balaban J connectivity index is 2.37. The first-order valence-electron chi connectivity index (χ1n) is 6.50. The van der Waals surface area contributed by atoms with Crippen LogP contribution >= 0.6 is 0 Å². The molecular weight excluding hydrogens is 256 g/mol. The number of carbonyl (C=O) groups is 1. The Morgan fingerprint density at radius 3 is 2.90 bits per heavy atom. The minimum atomic E-state index is -0.541. The molecule has 2 rings (SSSR count). The average Bonchev–Trinajstić information content (AvgIpc) is 2.96. The molecule has 1 N–H and O–H groups in total. The minimum Gasteiger partial charge on any atom is -0.463 e. The highest BCUT2D eigenvalue weighted by Crippen LogP contribution is 2.20. The summed E-state index contributed by atoms with van der Waals surface area (Å²) in [4.78, 5) is 15.4. The van der Waals surface area contributed by atoms with Gasteiger partial charge in [0, 0.05) is 6.04 Å². The molecule has 2 aromatic rings. The molecule has 0 amide bonds. The molecule has 0 saturated heterocycles. The lowest BCUT2D eigenvalue weighted by Gasteiger charge is -2.16. The van der Waals surface area contributed by atoms with Crippen molar-refractivity contribution in [2.24, 2.45) is 0 Å². The van der Waals surface area contributed by atoms with E-state index in [1.165, 1.54) is 13.4 Å². The van der Waals surface area contributed by atoms with E-state index in [-0.39, 0.29) is 11.9 Å². The summed E-state index contributed by atoms with van der Waals surface area (Å²) in [7, 11) is 1.31. The van der Waals surface area contributed by atoms with Gasteiger partial charge in [-0.25, -0.2) is 14.5 Å². The molecule has 0 aliphatic carbocycles. The molecule has 0 spiro atoms. The lowest BCUT2D eigenvalue weighted by atomic mass is 10.1. The Morgan fingerprint density at radius 1 is 1.45 bits per heavy atom. The van der Waals surface area contributed by atoms with E-state index in [0.29, 0.717) is 0 Å². The molecular formula is C14H18N4O2. The molecule has 106 valence electrons. The summed E-state index contributed by atoms with van der Waals surface area (Å²) in [6.45, 7) is 5.02. The molecule has 0 fully saturated rings. The third kappa shape index (κ3) is 2.85. The molecule has 1 atom stereocenters. The number of carbonyl (C=O) groups excluding carboxylic acids is 1. The minimum absolute atomic E-state index is 0.0541. The van der Waals surface area contributed by atoms with Gasteiger partial charge in [-0.1, -0.05) is 25.1 Å². The Labute approximate surface area is 117 Å². The van der Waals surface area contributed by atoms with Gasteiger partial charge in [0.05, 0.1) is 12.8 Å². The van der Waals surface area contributed by atoms with Crippen LogP contribution in [0.3, 0.4) is 0 Å². The van der Waals surface area contributed by atoms with Gasteiger partial charge in [0.25, 0.3) is 5.82 Å². The Kier molecular flexibility index (Phi) is 4.47. The van der Waals surface area contributed by atoms with E-state index in [0.717, 1.165) is 17.8 Å². The maximum absolute atomic E-state index is 11.4. The summed E-state index contributed by atoms with van der Waals surface area (Å²) in [5.41, 5.74) is 1.99. The Bertz CT molecular complexity index is 594. The van der Waals surface area contributed by atoms with Crippen molar-refractivity contribution in [1.29, 1.82) is 0 Å². The van der Waals surface area contributed by atoms with Crippen molar-refractivity contribution in [1.82, 2.24) is 20.1 Å². The second-order valence-electron chi connectivity index (χ2n) is 4.34. The molecule has 20 heavy (non-hydrogen) atoms. The molecule has 0 saturated carbocycles. The zero-order valence-electron chi connectivity index (χ0n) is 11.8. The van der Waals surface area contributed by atoms with Crippen LogP contribution in [0.5, 0.6) is 0 Å². The van der Waals surface area contributed by atoms with Crippen molar-refractivity contribution in [2.45, 2.75) is 19.9 Å². The largest absolute Gasteiger partial charge is 0.463 e. The predicted octanol–water partition coefficient (Wildman–Crippen LogP) is 1.72. The standard InChI is InChI=1S/C14H18N4O2/c1-4-15-10(2)11-7-5-6-8-12(11)18-9-16-13(17-18)14(19)20-3/h5-10,15H,4H2,1-3H3. The van der Waals surface area contributed by atoms with Crippen LogP contribution in [0.15, 0.2) is 30.6 Å². The number of hydrogen-bond acceptors (Lipinski definition) is 5. The number of benzene rings is 1. The van der Waals surface area contributed by atoms with E-state index in [1.54, 1.807) is 4.68 Å². The lowest BCUT2D eigenvalue weighted by molar-refractivity contribution is 0.0587. The summed E-state index contributed by atoms with van der Waals surface area (Å²) >= 11 is 0. The zero-order valence-corrected chi connectivity index (χ0v) is 11.8. The smallest absolute Gasteiger partial charge is 0.377 e. The number of methoxy groups -OCH3 is 1. The van der Waals surface area contributed by atoms with Crippen LogP contribution in [0.1, 0.15) is 36.1 Å². The van der Waals surface area contributed by atoms with Gasteiger partial charge in [0.2, 0.25) is 0 Å². The van der Waals surface area contributed by atoms with Crippen molar-refractivity contribution < 1.29 is 9.53 Å². The highest BCUT2D eigenvalue weighted by atomic mass is 16.5. The van der Waals surface area contributed by atoms with Crippen LogP contribution in [-0.4, -0.2) is 34.4 Å². The van der Waals surface area contributed by atoms with Crippen molar-refractivity contribution in [3.8, 4) is 5.69 Å². The fourth-order valence-corrected chi connectivity index (χ4v) is 2.04. The maximum Gasteiger partial charge on any atom is 0.377 e. The number of hydrogen-bond donors (Lipinski definition) is 1. The summed E-state index contributed by atoms with van der Waals surface area (Å²) in [5.74, 6) is -0.487. The SMILES string of the molecule is CCNC(C)c1ccccc1-n1cnc(C(=O)OC)n1. The van der Waals surface area contributed by atoms with E-state index in [9.17, 15) is 4.79 Å². The third-order valence-electron chi connectivity index (χ3n) is 3.02. The number of rotatable bonds is 5. The molecule has 0 aliphatic heterocycles. The molecule has 0 bridgehead atoms. The fraction of sp³-hybridized carbons (Fsp3) is 0.357. The van der Waals surface area contributed by atoms with E-state index in [1.807, 2.05) is 24.3 Å². The first-order chi connectivity index (χ1) is 9.67. The van der Waals surface area contributed by atoms with Crippen molar-refractivity contribution in [3.05, 3.63) is 42.0 Å². The zero-order chi connectivity index (χ0) is 14.5. The van der Waals surface area contributed by atoms with E-state index < -0.39 is 5.97 Å². The first kappa shape index (κ1) is 14.2. The second kappa shape index (κ2) is 6.29. The molecule has 1 aromatic carbocycles. The van der Waals surface area contributed by atoms with Gasteiger partial charge in [-0.05, 0) is 25.1 Å². The topological polar surface area (TPSA) is 69.0 Å². The number of aromatic nitrogens is 3. The molecule has 6 nitrogen and oxygen atoms in total. The Morgan fingerprint density at radius 2 is 2.20 bits per heavy atom.